The van der Waals surface area contributed by atoms with Gasteiger partial charge in [-0.1, -0.05) is 6.92 Å². The van der Waals surface area contributed by atoms with E-state index in [1.54, 1.807) is 0 Å². The van der Waals surface area contributed by atoms with E-state index in [2.05, 4.69) is 28.9 Å². The van der Waals surface area contributed by atoms with Gasteiger partial charge in [-0.25, -0.2) is 0 Å². The van der Waals surface area contributed by atoms with Crippen LogP contribution < -0.4 is 5.32 Å². The zero-order valence-corrected chi connectivity index (χ0v) is 10.7. The van der Waals surface area contributed by atoms with Crippen LogP contribution in [0.5, 0.6) is 0 Å². The van der Waals surface area contributed by atoms with Gasteiger partial charge in [-0.15, -0.1) is 0 Å². The predicted molar refractivity (Wildman–Crippen MR) is 68.6 cm³/mol. The Kier molecular flexibility index (Phi) is 4.79. The summed E-state index contributed by atoms with van der Waals surface area (Å²) in [6, 6.07) is 0.795. The van der Waals surface area contributed by atoms with E-state index in [-0.39, 0.29) is 0 Å². The van der Waals surface area contributed by atoms with Crippen molar-refractivity contribution in [3.63, 3.8) is 0 Å². The minimum absolute atomic E-state index is 0.795. The fourth-order valence-corrected chi connectivity index (χ4v) is 3.76. The molecule has 2 aliphatic heterocycles. The molecule has 2 atom stereocenters. The molecule has 0 bridgehead atoms. The van der Waals surface area contributed by atoms with E-state index in [0.29, 0.717) is 0 Å². The molecule has 2 unspecified atom stereocenters. The van der Waals surface area contributed by atoms with Gasteiger partial charge in [-0.3, -0.25) is 0 Å². The summed E-state index contributed by atoms with van der Waals surface area (Å²) in [5.41, 5.74) is 0. The van der Waals surface area contributed by atoms with E-state index in [4.69, 9.17) is 0 Å². The second kappa shape index (κ2) is 6.12. The van der Waals surface area contributed by atoms with Gasteiger partial charge in [-0.05, 0) is 51.9 Å². The molecule has 0 saturated carbocycles. The lowest BCUT2D eigenvalue weighted by Gasteiger charge is -2.16. The standard InChI is InChI=1S/C12H24N2S/c1-11-9-12(10-15-11)13-5-4-8-14-6-2-3-7-14/h11-13H,2-10H2,1H3. The molecule has 3 heteroatoms. The minimum atomic E-state index is 0.795. The number of rotatable bonds is 5. The number of hydrogen-bond acceptors (Lipinski definition) is 3. The van der Waals surface area contributed by atoms with Crippen LogP contribution in [0.15, 0.2) is 0 Å². The maximum absolute atomic E-state index is 3.69. The Bertz CT molecular complexity index is 180. The van der Waals surface area contributed by atoms with E-state index in [1.165, 1.54) is 57.6 Å². The molecule has 0 aromatic rings. The van der Waals surface area contributed by atoms with Crippen LogP contribution in [0.3, 0.4) is 0 Å². The molecule has 1 N–H and O–H groups in total. The van der Waals surface area contributed by atoms with Gasteiger partial charge in [0.15, 0.2) is 0 Å². The summed E-state index contributed by atoms with van der Waals surface area (Å²) in [4.78, 5) is 2.60. The Morgan fingerprint density at radius 1 is 1.33 bits per heavy atom. The van der Waals surface area contributed by atoms with Crippen molar-refractivity contribution in [3.8, 4) is 0 Å². The normalized spacial score (nSPS) is 32.6. The van der Waals surface area contributed by atoms with E-state index in [0.717, 1.165) is 11.3 Å². The Balaban J connectivity index is 1.48. The first-order chi connectivity index (χ1) is 7.34. The van der Waals surface area contributed by atoms with E-state index >= 15 is 0 Å². The minimum Gasteiger partial charge on any atom is -0.313 e. The maximum atomic E-state index is 3.69. The molecule has 2 rings (SSSR count). The summed E-state index contributed by atoms with van der Waals surface area (Å²) < 4.78 is 0. The van der Waals surface area contributed by atoms with Crippen molar-refractivity contribution in [2.45, 2.75) is 43.9 Å². The molecule has 2 saturated heterocycles. The van der Waals surface area contributed by atoms with Gasteiger partial charge in [0.1, 0.15) is 0 Å². The molecule has 0 aliphatic carbocycles. The Labute approximate surface area is 98.2 Å². The summed E-state index contributed by atoms with van der Waals surface area (Å²) in [6.07, 6.45) is 5.54. The summed E-state index contributed by atoms with van der Waals surface area (Å²) in [7, 11) is 0. The van der Waals surface area contributed by atoms with E-state index < -0.39 is 0 Å². The Morgan fingerprint density at radius 2 is 2.13 bits per heavy atom. The van der Waals surface area contributed by atoms with Crippen LogP contribution in [0.1, 0.15) is 32.6 Å². The van der Waals surface area contributed by atoms with Gasteiger partial charge >= 0.3 is 0 Å². The first-order valence-corrected chi connectivity index (χ1v) is 7.47. The van der Waals surface area contributed by atoms with Gasteiger partial charge < -0.3 is 10.2 Å². The van der Waals surface area contributed by atoms with Gasteiger partial charge in [0.2, 0.25) is 0 Å². The number of nitrogens with zero attached hydrogens (tertiary/aromatic N) is 1. The molecule has 2 nitrogen and oxygen atoms in total. The van der Waals surface area contributed by atoms with Gasteiger partial charge in [-0.2, -0.15) is 11.8 Å². The summed E-state index contributed by atoms with van der Waals surface area (Å²) in [5, 5.41) is 4.56. The quantitative estimate of drug-likeness (QED) is 0.724. The van der Waals surface area contributed by atoms with Crippen LogP contribution in [0.2, 0.25) is 0 Å². The third-order valence-corrected chi connectivity index (χ3v) is 4.84. The Morgan fingerprint density at radius 3 is 2.80 bits per heavy atom. The fourth-order valence-electron chi connectivity index (χ4n) is 2.57. The van der Waals surface area contributed by atoms with Crippen molar-refractivity contribution >= 4 is 11.8 Å². The predicted octanol–water partition coefficient (Wildman–Crippen LogP) is 1.96. The lowest BCUT2D eigenvalue weighted by atomic mass is 10.2. The van der Waals surface area contributed by atoms with E-state index in [9.17, 15) is 0 Å². The number of nitrogens with one attached hydrogen (secondary N) is 1. The maximum Gasteiger partial charge on any atom is 0.0168 e. The molecule has 0 radical (unpaired) electrons. The van der Waals surface area contributed by atoms with Crippen molar-refractivity contribution in [2.75, 3.05) is 31.9 Å². The van der Waals surface area contributed by atoms with Crippen molar-refractivity contribution in [1.29, 1.82) is 0 Å². The number of hydrogen-bond donors (Lipinski definition) is 1. The molecule has 2 fully saturated rings. The first kappa shape index (κ1) is 11.7. The third kappa shape index (κ3) is 3.97. The van der Waals surface area contributed by atoms with Crippen LogP contribution in [0, 0.1) is 0 Å². The van der Waals surface area contributed by atoms with Gasteiger partial charge in [0.05, 0.1) is 0 Å². The molecule has 88 valence electrons. The average Bonchev–Trinajstić information content (AvgIpc) is 2.84. The molecule has 0 spiro atoms. The van der Waals surface area contributed by atoms with Gasteiger partial charge in [0.25, 0.3) is 0 Å². The first-order valence-electron chi connectivity index (χ1n) is 6.42. The van der Waals surface area contributed by atoms with Crippen LogP contribution in [0.4, 0.5) is 0 Å². The zero-order valence-electron chi connectivity index (χ0n) is 9.87. The molecule has 0 amide bonds. The zero-order chi connectivity index (χ0) is 10.5. The second-order valence-electron chi connectivity index (χ2n) is 4.93. The highest BCUT2D eigenvalue weighted by Gasteiger charge is 2.20. The molecule has 15 heavy (non-hydrogen) atoms. The van der Waals surface area contributed by atoms with Crippen LogP contribution in [-0.2, 0) is 0 Å². The number of thioether (sulfide) groups is 1. The van der Waals surface area contributed by atoms with Crippen molar-refractivity contribution in [3.05, 3.63) is 0 Å². The van der Waals surface area contributed by atoms with Crippen molar-refractivity contribution in [2.24, 2.45) is 0 Å². The molecular weight excluding hydrogens is 204 g/mol. The Hall–Kier alpha value is 0.270. The van der Waals surface area contributed by atoms with Crippen LogP contribution >= 0.6 is 11.8 Å². The number of likely N-dealkylation sites (tertiary alicyclic amines) is 1. The molecule has 2 aliphatic rings. The van der Waals surface area contributed by atoms with E-state index in [1.807, 2.05) is 0 Å². The van der Waals surface area contributed by atoms with Crippen LogP contribution in [0.25, 0.3) is 0 Å². The summed E-state index contributed by atoms with van der Waals surface area (Å²) >= 11 is 2.12. The van der Waals surface area contributed by atoms with Crippen molar-refractivity contribution < 1.29 is 0 Å². The highest BCUT2D eigenvalue weighted by atomic mass is 32.2. The second-order valence-corrected chi connectivity index (χ2v) is 6.40. The lowest BCUT2D eigenvalue weighted by molar-refractivity contribution is 0.328. The molecule has 0 aromatic carbocycles. The third-order valence-electron chi connectivity index (χ3n) is 3.48. The monoisotopic (exact) mass is 228 g/mol. The lowest BCUT2D eigenvalue weighted by Crippen LogP contribution is -2.32. The molecule has 2 heterocycles. The summed E-state index contributed by atoms with van der Waals surface area (Å²) in [5.74, 6) is 1.32. The summed E-state index contributed by atoms with van der Waals surface area (Å²) in [6.45, 7) is 7.56. The highest BCUT2D eigenvalue weighted by molar-refractivity contribution is 8.00. The fraction of sp³-hybridized carbons (Fsp3) is 1.00. The average molecular weight is 228 g/mol. The smallest absolute Gasteiger partial charge is 0.0168 e. The van der Waals surface area contributed by atoms with Gasteiger partial charge in [0, 0.05) is 17.0 Å². The SMILES string of the molecule is CC1CC(NCCCN2CCCC2)CS1. The topological polar surface area (TPSA) is 15.3 Å². The molecular formula is C12H24N2S. The highest BCUT2D eigenvalue weighted by Crippen LogP contribution is 2.25. The van der Waals surface area contributed by atoms with Crippen molar-refractivity contribution in [1.82, 2.24) is 10.2 Å². The largest absolute Gasteiger partial charge is 0.313 e. The van der Waals surface area contributed by atoms with Crippen LogP contribution in [-0.4, -0.2) is 48.1 Å². The molecule has 0 aromatic heterocycles.